The zero-order valence-corrected chi connectivity index (χ0v) is 13.4. The van der Waals surface area contributed by atoms with E-state index < -0.39 is 0 Å². The molecule has 0 bridgehead atoms. The highest BCUT2D eigenvalue weighted by molar-refractivity contribution is 7.09. The zero-order valence-electron chi connectivity index (χ0n) is 12.6. The first-order chi connectivity index (χ1) is 9.58. The van der Waals surface area contributed by atoms with Crippen molar-refractivity contribution in [2.24, 2.45) is 0 Å². The molecule has 0 unspecified atom stereocenters. The predicted molar refractivity (Wildman–Crippen MR) is 82.8 cm³/mol. The van der Waals surface area contributed by atoms with E-state index in [1.54, 1.807) is 23.3 Å². The highest BCUT2D eigenvalue weighted by atomic mass is 32.1. The van der Waals surface area contributed by atoms with Crippen LogP contribution >= 0.6 is 11.3 Å². The molecule has 0 aliphatic rings. The Bertz CT molecular complexity index is 414. The van der Waals surface area contributed by atoms with E-state index in [4.69, 9.17) is 0 Å². The van der Waals surface area contributed by atoms with Crippen molar-refractivity contribution in [3.05, 3.63) is 22.4 Å². The van der Waals surface area contributed by atoms with E-state index in [1.807, 2.05) is 25.3 Å². The van der Waals surface area contributed by atoms with Crippen LogP contribution in [0.2, 0.25) is 0 Å². The van der Waals surface area contributed by atoms with Crippen molar-refractivity contribution >= 4 is 23.2 Å². The summed E-state index contributed by atoms with van der Waals surface area (Å²) in [5, 5.41) is 2.05. The lowest BCUT2D eigenvalue weighted by Gasteiger charge is -2.23. The number of carbonyl (C=O) groups is 2. The van der Waals surface area contributed by atoms with Gasteiger partial charge in [0.05, 0.1) is 6.54 Å². The Morgan fingerprint density at radius 1 is 1.20 bits per heavy atom. The van der Waals surface area contributed by atoms with Gasteiger partial charge in [0.2, 0.25) is 11.8 Å². The van der Waals surface area contributed by atoms with Crippen LogP contribution in [0.3, 0.4) is 0 Å². The van der Waals surface area contributed by atoms with E-state index in [-0.39, 0.29) is 18.4 Å². The molecule has 0 fully saturated rings. The number of rotatable bonds is 8. The highest BCUT2D eigenvalue weighted by Crippen LogP contribution is 2.12. The molecule has 0 radical (unpaired) electrons. The first-order valence-corrected chi connectivity index (χ1v) is 8.00. The molecular weight excluding hydrogens is 272 g/mol. The van der Waals surface area contributed by atoms with Gasteiger partial charge in [0.15, 0.2) is 0 Å². The summed E-state index contributed by atoms with van der Waals surface area (Å²) in [5.74, 6) is 0.0613. The maximum absolute atomic E-state index is 12.0. The second-order valence-electron chi connectivity index (χ2n) is 4.75. The Morgan fingerprint density at radius 2 is 1.90 bits per heavy atom. The number of amides is 2. The van der Waals surface area contributed by atoms with Crippen LogP contribution in [-0.2, 0) is 16.0 Å². The van der Waals surface area contributed by atoms with Crippen molar-refractivity contribution in [2.75, 3.05) is 26.7 Å². The molecule has 1 aromatic rings. The van der Waals surface area contributed by atoms with E-state index in [2.05, 4.69) is 6.07 Å². The Balaban J connectivity index is 2.29. The smallest absolute Gasteiger partial charge is 0.242 e. The summed E-state index contributed by atoms with van der Waals surface area (Å²) >= 11 is 1.72. The van der Waals surface area contributed by atoms with E-state index >= 15 is 0 Å². The third-order valence-electron chi connectivity index (χ3n) is 3.31. The SMILES string of the molecule is CCN(CC)C(=O)CN(C)C(=O)CCCc1cccs1. The number of aryl methyl sites for hydroxylation is 1. The molecular formula is C15H24N2O2S. The van der Waals surface area contributed by atoms with E-state index in [0.717, 1.165) is 12.8 Å². The molecule has 112 valence electrons. The van der Waals surface area contributed by atoms with Crippen LogP contribution < -0.4 is 0 Å². The molecule has 0 saturated heterocycles. The summed E-state index contributed by atoms with van der Waals surface area (Å²) in [6.07, 6.45) is 2.27. The summed E-state index contributed by atoms with van der Waals surface area (Å²) < 4.78 is 0. The fourth-order valence-corrected chi connectivity index (χ4v) is 2.78. The highest BCUT2D eigenvalue weighted by Gasteiger charge is 2.16. The lowest BCUT2D eigenvalue weighted by molar-refractivity contribution is -0.139. The van der Waals surface area contributed by atoms with Crippen LogP contribution in [-0.4, -0.2) is 48.3 Å². The average Bonchev–Trinajstić information content (AvgIpc) is 2.93. The number of carbonyl (C=O) groups excluding carboxylic acids is 2. The second-order valence-corrected chi connectivity index (χ2v) is 5.78. The Kier molecular flexibility index (Phi) is 7.30. The molecule has 0 saturated carbocycles. The van der Waals surface area contributed by atoms with Crippen molar-refractivity contribution in [3.8, 4) is 0 Å². The third-order valence-corrected chi connectivity index (χ3v) is 4.24. The van der Waals surface area contributed by atoms with Crippen LogP contribution in [0, 0.1) is 0 Å². The van der Waals surface area contributed by atoms with Crippen LogP contribution in [0.15, 0.2) is 17.5 Å². The molecule has 4 nitrogen and oxygen atoms in total. The minimum absolute atomic E-state index is 0.0177. The van der Waals surface area contributed by atoms with Crippen molar-refractivity contribution in [2.45, 2.75) is 33.1 Å². The maximum atomic E-state index is 12.0. The van der Waals surface area contributed by atoms with Gasteiger partial charge in [0, 0.05) is 31.4 Å². The molecule has 20 heavy (non-hydrogen) atoms. The third kappa shape index (κ3) is 5.33. The van der Waals surface area contributed by atoms with Gasteiger partial charge in [0.1, 0.15) is 0 Å². The van der Waals surface area contributed by atoms with Crippen LogP contribution in [0.1, 0.15) is 31.6 Å². The molecule has 5 heteroatoms. The summed E-state index contributed by atoms with van der Waals surface area (Å²) in [6, 6.07) is 4.11. The molecule has 0 aromatic carbocycles. The largest absolute Gasteiger partial charge is 0.342 e. The average molecular weight is 296 g/mol. The Morgan fingerprint density at radius 3 is 2.45 bits per heavy atom. The first-order valence-electron chi connectivity index (χ1n) is 7.12. The molecule has 1 aromatic heterocycles. The normalized spacial score (nSPS) is 10.3. The quantitative estimate of drug-likeness (QED) is 0.739. The maximum Gasteiger partial charge on any atom is 0.242 e. The minimum atomic E-state index is 0.0177. The summed E-state index contributed by atoms with van der Waals surface area (Å²) in [4.78, 5) is 28.5. The first kappa shape index (κ1) is 16.7. The summed E-state index contributed by atoms with van der Waals surface area (Å²) in [6.45, 7) is 5.46. The molecule has 2 amide bonds. The fraction of sp³-hybridized carbons (Fsp3) is 0.600. The molecule has 0 aliphatic heterocycles. The van der Waals surface area contributed by atoms with E-state index in [1.165, 1.54) is 9.78 Å². The number of hydrogen-bond donors (Lipinski definition) is 0. The van der Waals surface area contributed by atoms with Crippen molar-refractivity contribution < 1.29 is 9.59 Å². The van der Waals surface area contributed by atoms with Gasteiger partial charge in [-0.15, -0.1) is 11.3 Å². The van der Waals surface area contributed by atoms with Crippen molar-refractivity contribution in [3.63, 3.8) is 0 Å². The van der Waals surface area contributed by atoms with Crippen LogP contribution in [0.25, 0.3) is 0 Å². The van der Waals surface area contributed by atoms with E-state index in [0.29, 0.717) is 19.5 Å². The lowest BCUT2D eigenvalue weighted by atomic mass is 10.2. The van der Waals surface area contributed by atoms with Crippen LogP contribution in [0.5, 0.6) is 0 Å². The second kappa shape index (κ2) is 8.74. The van der Waals surface area contributed by atoms with Gasteiger partial charge < -0.3 is 9.80 Å². The molecule has 0 spiro atoms. The van der Waals surface area contributed by atoms with Gasteiger partial charge in [-0.25, -0.2) is 0 Å². The van der Waals surface area contributed by atoms with Gasteiger partial charge >= 0.3 is 0 Å². The van der Waals surface area contributed by atoms with Crippen LogP contribution in [0.4, 0.5) is 0 Å². The molecule has 0 atom stereocenters. The van der Waals surface area contributed by atoms with Gasteiger partial charge in [-0.05, 0) is 38.1 Å². The molecule has 1 heterocycles. The number of thiophene rings is 1. The van der Waals surface area contributed by atoms with Gasteiger partial charge in [-0.3, -0.25) is 9.59 Å². The van der Waals surface area contributed by atoms with Gasteiger partial charge in [-0.1, -0.05) is 6.07 Å². The molecule has 0 N–H and O–H groups in total. The Hall–Kier alpha value is -1.36. The van der Waals surface area contributed by atoms with Crippen molar-refractivity contribution in [1.29, 1.82) is 0 Å². The molecule has 0 aliphatic carbocycles. The van der Waals surface area contributed by atoms with Gasteiger partial charge in [0.25, 0.3) is 0 Å². The minimum Gasteiger partial charge on any atom is -0.342 e. The fourth-order valence-electron chi connectivity index (χ4n) is 2.03. The zero-order chi connectivity index (χ0) is 15.0. The summed E-state index contributed by atoms with van der Waals surface area (Å²) in [5.41, 5.74) is 0. The lowest BCUT2D eigenvalue weighted by Crippen LogP contribution is -2.40. The Labute approximate surface area is 125 Å². The van der Waals surface area contributed by atoms with Crippen molar-refractivity contribution in [1.82, 2.24) is 9.80 Å². The molecule has 1 rings (SSSR count). The monoisotopic (exact) mass is 296 g/mol. The van der Waals surface area contributed by atoms with Gasteiger partial charge in [-0.2, -0.15) is 0 Å². The summed E-state index contributed by atoms with van der Waals surface area (Å²) in [7, 11) is 1.70. The topological polar surface area (TPSA) is 40.6 Å². The standard InChI is InChI=1S/C15H24N2O2S/c1-4-17(5-2)15(19)12-16(3)14(18)10-6-8-13-9-7-11-20-13/h7,9,11H,4-6,8,10,12H2,1-3H3. The number of hydrogen-bond acceptors (Lipinski definition) is 3. The number of nitrogens with zero attached hydrogens (tertiary/aromatic N) is 2. The number of likely N-dealkylation sites (N-methyl/N-ethyl adjacent to an activating group) is 2. The predicted octanol–water partition coefficient (Wildman–Crippen LogP) is 2.40. The van der Waals surface area contributed by atoms with E-state index in [9.17, 15) is 9.59 Å².